The van der Waals surface area contributed by atoms with E-state index >= 15 is 0 Å². The van der Waals surface area contributed by atoms with Crippen molar-refractivity contribution in [2.24, 2.45) is 5.41 Å². The Bertz CT molecular complexity index is 191. The van der Waals surface area contributed by atoms with E-state index in [1.165, 1.54) is 38.6 Å². The van der Waals surface area contributed by atoms with Crippen LogP contribution in [0.25, 0.3) is 0 Å². The number of hydrogen-bond acceptors (Lipinski definition) is 2. The molecule has 0 aromatic heterocycles. The van der Waals surface area contributed by atoms with Crippen LogP contribution in [0, 0.1) is 5.41 Å². The first-order chi connectivity index (χ1) is 7.47. The van der Waals surface area contributed by atoms with Crippen molar-refractivity contribution in [3.63, 3.8) is 0 Å². The molecule has 0 unspecified atom stereocenters. The second kappa shape index (κ2) is 6.02. The fourth-order valence-corrected chi connectivity index (χ4v) is 2.30. The van der Waals surface area contributed by atoms with E-state index in [0.717, 1.165) is 13.2 Å². The van der Waals surface area contributed by atoms with E-state index in [1.807, 2.05) is 0 Å². The van der Waals surface area contributed by atoms with Crippen molar-refractivity contribution in [2.45, 2.75) is 65.4 Å². The lowest BCUT2D eigenvalue weighted by Gasteiger charge is -2.42. The SMILES string of the molecule is CCCNCC1(CCOC(C)(C)C)CCC1. The largest absolute Gasteiger partial charge is 0.376 e. The summed E-state index contributed by atoms with van der Waals surface area (Å²) >= 11 is 0. The molecule has 0 heterocycles. The molecule has 0 aromatic carbocycles. The fourth-order valence-electron chi connectivity index (χ4n) is 2.30. The topological polar surface area (TPSA) is 21.3 Å². The van der Waals surface area contributed by atoms with Crippen LogP contribution in [0.15, 0.2) is 0 Å². The van der Waals surface area contributed by atoms with Gasteiger partial charge in [0, 0.05) is 13.2 Å². The highest BCUT2D eigenvalue weighted by atomic mass is 16.5. The predicted molar refractivity (Wildman–Crippen MR) is 69.8 cm³/mol. The highest BCUT2D eigenvalue weighted by Gasteiger charge is 2.36. The van der Waals surface area contributed by atoms with Crippen LogP contribution in [0.1, 0.15) is 59.8 Å². The minimum atomic E-state index is 0.0157. The summed E-state index contributed by atoms with van der Waals surface area (Å²) in [4.78, 5) is 0. The minimum absolute atomic E-state index is 0.0157. The molecule has 1 fully saturated rings. The second-order valence-electron chi connectivity index (χ2n) is 6.24. The third-order valence-corrected chi connectivity index (χ3v) is 3.51. The molecule has 2 nitrogen and oxygen atoms in total. The van der Waals surface area contributed by atoms with Crippen LogP contribution >= 0.6 is 0 Å². The van der Waals surface area contributed by atoms with Crippen molar-refractivity contribution < 1.29 is 4.74 Å². The molecule has 0 spiro atoms. The summed E-state index contributed by atoms with van der Waals surface area (Å²) in [6, 6.07) is 0. The Morgan fingerprint density at radius 3 is 2.38 bits per heavy atom. The fraction of sp³-hybridized carbons (Fsp3) is 1.00. The van der Waals surface area contributed by atoms with E-state index in [1.54, 1.807) is 0 Å². The maximum Gasteiger partial charge on any atom is 0.0598 e. The molecule has 2 heteroatoms. The van der Waals surface area contributed by atoms with Crippen molar-refractivity contribution in [2.75, 3.05) is 19.7 Å². The second-order valence-corrected chi connectivity index (χ2v) is 6.24. The van der Waals surface area contributed by atoms with Gasteiger partial charge in [0.15, 0.2) is 0 Å². The van der Waals surface area contributed by atoms with E-state index in [2.05, 4.69) is 33.0 Å². The van der Waals surface area contributed by atoms with Gasteiger partial charge in [0.25, 0.3) is 0 Å². The highest BCUT2D eigenvalue weighted by molar-refractivity contribution is 4.89. The molecule has 1 aliphatic carbocycles. The lowest BCUT2D eigenvalue weighted by Crippen LogP contribution is -2.41. The van der Waals surface area contributed by atoms with E-state index in [9.17, 15) is 0 Å². The molecule has 0 saturated heterocycles. The summed E-state index contributed by atoms with van der Waals surface area (Å²) in [5.74, 6) is 0. The lowest BCUT2D eigenvalue weighted by atomic mass is 9.66. The van der Waals surface area contributed by atoms with Crippen LogP contribution in [0.2, 0.25) is 0 Å². The van der Waals surface area contributed by atoms with Gasteiger partial charge in [-0.2, -0.15) is 0 Å². The molecule has 96 valence electrons. The highest BCUT2D eigenvalue weighted by Crippen LogP contribution is 2.43. The molecular formula is C14H29NO. The van der Waals surface area contributed by atoms with Crippen LogP contribution in [-0.2, 0) is 4.74 Å². The summed E-state index contributed by atoms with van der Waals surface area (Å²) in [7, 11) is 0. The average Bonchev–Trinajstić information content (AvgIpc) is 2.11. The molecule has 1 aliphatic rings. The normalized spacial score (nSPS) is 19.5. The van der Waals surface area contributed by atoms with Gasteiger partial charge in [0.1, 0.15) is 0 Å². The Morgan fingerprint density at radius 2 is 1.94 bits per heavy atom. The van der Waals surface area contributed by atoms with Crippen molar-refractivity contribution >= 4 is 0 Å². The Morgan fingerprint density at radius 1 is 1.25 bits per heavy atom. The summed E-state index contributed by atoms with van der Waals surface area (Å²) in [5.41, 5.74) is 0.572. The van der Waals surface area contributed by atoms with Gasteiger partial charge >= 0.3 is 0 Å². The molecule has 1 N–H and O–H groups in total. The van der Waals surface area contributed by atoms with Crippen LogP contribution in [0.4, 0.5) is 0 Å². The number of nitrogens with one attached hydrogen (secondary N) is 1. The van der Waals surface area contributed by atoms with Gasteiger partial charge in [0.2, 0.25) is 0 Å². The molecular weight excluding hydrogens is 198 g/mol. The van der Waals surface area contributed by atoms with Gasteiger partial charge in [-0.25, -0.2) is 0 Å². The predicted octanol–water partition coefficient (Wildman–Crippen LogP) is 3.36. The smallest absolute Gasteiger partial charge is 0.0598 e. The van der Waals surface area contributed by atoms with Gasteiger partial charge in [-0.05, 0) is 58.4 Å². The Hall–Kier alpha value is -0.0800. The van der Waals surface area contributed by atoms with Gasteiger partial charge in [0.05, 0.1) is 5.60 Å². The standard InChI is InChI=1S/C14H29NO/c1-5-10-15-12-14(7-6-8-14)9-11-16-13(2,3)4/h15H,5-12H2,1-4H3. The van der Waals surface area contributed by atoms with Crippen LogP contribution in [-0.4, -0.2) is 25.3 Å². The Labute approximate surface area is 101 Å². The molecule has 1 saturated carbocycles. The van der Waals surface area contributed by atoms with Crippen LogP contribution < -0.4 is 5.32 Å². The maximum atomic E-state index is 5.84. The maximum absolute atomic E-state index is 5.84. The molecule has 16 heavy (non-hydrogen) atoms. The van der Waals surface area contributed by atoms with Gasteiger partial charge < -0.3 is 10.1 Å². The first-order valence-corrected chi connectivity index (χ1v) is 6.82. The molecule has 1 rings (SSSR count). The van der Waals surface area contributed by atoms with Gasteiger partial charge in [-0.3, -0.25) is 0 Å². The Kier molecular flexibility index (Phi) is 5.26. The zero-order valence-corrected chi connectivity index (χ0v) is 11.6. The first kappa shape index (κ1) is 14.0. The van der Waals surface area contributed by atoms with E-state index < -0.39 is 0 Å². The summed E-state index contributed by atoms with van der Waals surface area (Å²) in [6.07, 6.45) is 6.63. The lowest BCUT2D eigenvalue weighted by molar-refractivity contribution is -0.0310. The summed E-state index contributed by atoms with van der Waals surface area (Å²) in [5, 5.41) is 3.57. The quantitative estimate of drug-likeness (QED) is 0.673. The summed E-state index contributed by atoms with van der Waals surface area (Å²) in [6.45, 7) is 11.9. The van der Waals surface area contributed by atoms with Crippen LogP contribution in [0.5, 0.6) is 0 Å². The van der Waals surface area contributed by atoms with Gasteiger partial charge in [-0.15, -0.1) is 0 Å². The number of hydrogen-bond donors (Lipinski definition) is 1. The average molecular weight is 227 g/mol. The van der Waals surface area contributed by atoms with Crippen molar-refractivity contribution in [1.29, 1.82) is 0 Å². The zero-order valence-electron chi connectivity index (χ0n) is 11.6. The third kappa shape index (κ3) is 4.84. The molecule has 0 bridgehead atoms. The van der Waals surface area contributed by atoms with Crippen molar-refractivity contribution in [3.8, 4) is 0 Å². The molecule has 0 amide bonds. The monoisotopic (exact) mass is 227 g/mol. The van der Waals surface area contributed by atoms with E-state index in [-0.39, 0.29) is 5.60 Å². The van der Waals surface area contributed by atoms with Crippen molar-refractivity contribution in [3.05, 3.63) is 0 Å². The molecule has 0 aromatic rings. The molecule has 0 radical (unpaired) electrons. The zero-order chi connectivity index (χ0) is 12.1. The minimum Gasteiger partial charge on any atom is -0.376 e. The Balaban J connectivity index is 2.20. The van der Waals surface area contributed by atoms with Crippen LogP contribution in [0.3, 0.4) is 0 Å². The van der Waals surface area contributed by atoms with E-state index in [4.69, 9.17) is 4.74 Å². The summed E-state index contributed by atoms with van der Waals surface area (Å²) < 4.78 is 5.84. The number of ether oxygens (including phenoxy) is 1. The van der Waals surface area contributed by atoms with E-state index in [0.29, 0.717) is 5.41 Å². The third-order valence-electron chi connectivity index (χ3n) is 3.51. The molecule has 0 aliphatic heterocycles. The first-order valence-electron chi connectivity index (χ1n) is 6.82. The number of rotatable bonds is 7. The molecule has 0 atom stereocenters. The van der Waals surface area contributed by atoms with Gasteiger partial charge in [-0.1, -0.05) is 13.3 Å². The van der Waals surface area contributed by atoms with Crippen molar-refractivity contribution in [1.82, 2.24) is 5.32 Å².